The van der Waals surface area contributed by atoms with Gasteiger partial charge in [0.2, 0.25) is 0 Å². The van der Waals surface area contributed by atoms with E-state index in [-0.39, 0.29) is 37.4 Å². The van der Waals surface area contributed by atoms with E-state index in [0.717, 1.165) is 5.57 Å². The monoisotopic (exact) mass is 666 g/mol. The summed E-state index contributed by atoms with van der Waals surface area (Å²) in [5.41, 5.74) is -6.60. The molecule has 0 aromatic carbocycles. The zero-order valence-electron chi connectivity index (χ0n) is 27.6. The summed E-state index contributed by atoms with van der Waals surface area (Å²) >= 11 is 0. The van der Waals surface area contributed by atoms with E-state index < -0.39 is 95.1 Å². The zero-order valence-corrected chi connectivity index (χ0v) is 27.6. The van der Waals surface area contributed by atoms with Crippen LogP contribution in [0.4, 0.5) is 0 Å². The summed E-state index contributed by atoms with van der Waals surface area (Å²) in [5.74, 6) is -1.68. The van der Waals surface area contributed by atoms with Crippen molar-refractivity contribution in [3.63, 3.8) is 0 Å². The maximum Gasteiger partial charge on any atom is 0.334 e. The third-order valence-corrected chi connectivity index (χ3v) is 13.6. The Morgan fingerprint density at radius 2 is 1.68 bits per heavy atom. The molecule has 0 amide bonds. The fourth-order valence-corrected chi connectivity index (χ4v) is 10.3. The Kier molecular flexibility index (Phi) is 8.48. The summed E-state index contributed by atoms with van der Waals surface area (Å²) in [7, 11) is 0. The van der Waals surface area contributed by atoms with E-state index >= 15 is 0 Å². The minimum absolute atomic E-state index is 0.0532. The number of rotatable bonds is 5. The molecule has 6 aliphatic rings. The highest BCUT2D eigenvalue weighted by Gasteiger charge is 2.79. The summed E-state index contributed by atoms with van der Waals surface area (Å²) in [6, 6.07) is 0. The number of aliphatic hydroxyl groups is 8. The van der Waals surface area contributed by atoms with Crippen molar-refractivity contribution in [1.29, 1.82) is 0 Å². The molecule has 47 heavy (non-hydrogen) atoms. The molecule has 13 nitrogen and oxygen atoms in total. The van der Waals surface area contributed by atoms with Gasteiger partial charge in [-0.1, -0.05) is 24.1 Å². The maximum atomic E-state index is 14.1. The molecule has 8 N–H and O–H groups in total. The quantitative estimate of drug-likeness (QED) is 0.138. The maximum absolute atomic E-state index is 14.1. The summed E-state index contributed by atoms with van der Waals surface area (Å²) in [5, 5.41) is 89.1. The van der Waals surface area contributed by atoms with E-state index in [1.807, 2.05) is 13.0 Å². The van der Waals surface area contributed by atoms with E-state index in [9.17, 15) is 50.4 Å². The first-order valence-corrected chi connectivity index (χ1v) is 16.7. The molecule has 3 saturated carbocycles. The average Bonchev–Trinajstić information content (AvgIpc) is 3.18. The highest BCUT2D eigenvalue weighted by Crippen LogP contribution is 2.70. The van der Waals surface area contributed by atoms with Crippen LogP contribution in [0.5, 0.6) is 0 Å². The number of hydrogen-bond donors (Lipinski definition) is 8. The van der Waals surface area contributed by atoms with Gasteiger partial charge in [-0.3, -0.25) is 4.79 Å². The summed E-state index contributed by atoms with van der Waals surface area (Å²) < 4.78 is 17.1. The number of ketones is 1. The Morgan fingerprint density at radius 3 is 2.32 bits per heavy atom. The first-order valence-electron chi connectivity index (χ1n) is 16.7. The van der Waals surface area contributed by atoms with E-state index in [0.29, 0.717) is 30.4 Å². The Balaban J connectivity index is 1.27. The van der Waals surface area contributed by atoms with Crippen molar-refractivity contribution in [3.05, 3.63) is 22.8 Å². The normalized spacial score (nSPS) is 51.4. The van der Waals surface area contributed by atoms with Gasteiger partial charge in [-0.15, -0.1) is 0 Å². The standard InChI is InChI=1S/C34H50O13/c1-15-10-24(47-28(41)16(15)2)32(5,42)34(44)23(37)13-33(43)20-7-6-17-11-18(45-29-27(40)26(39)25(38)21(14-35)46-29)12-22(36)31(17,4)19(20)8-9-30(33,34)3/h6,18-21,23-27,29,35,37-40,42-44H,7-14H2,1-5H3/t18-,19-,20+,21-,23-,24+,25-,26+,27-,29-,30+,31+,32+,33+,34+/m1/s1. The highest BCUT2D eigenvalue weighted by molar-refractivity contribution is 5.90. The molecule has 0 bridgehead atoms. The summed E-state index contributed by atoms with van der Waals surface area (Å²) in [6.45, 7) is 7.65. The number of carbonyl (C=O) groups is 2. The molecule has 13 heteroatoms. The fourth-order valence-electron chi connectivity index (χ4n) is 10.3. The first kappa shape index (κ1) is 35.1. The number of Topliss-reactive ketones (excluding diaryl/α,β-unsaturated/α-hetero) is 1. The van der Waals surface area contributed by atoms with Crippen LogP contribution in [-0.4, -0.2) is 125 Å². The van der Waals surface area contributed by atoms with Gasteiger partial charge in [-0.05, 0) is 65.2 Å². The molecule has 0 unspecified atom stereocenters. The van der Waals surface area contributed by atoms with Crippen LogP contribution in [0.1, 0.15) is 79.6 Å². The SMILES string of the molecule is CC1=C(C)C(=O)O[C@H]([C@](C)(O)[C@]2(O)[C@H](O)C[C@]3(O)[C@H]4CC=C5C[C@@H](O[C@@H]6O[C@H](CO)[C@@H](O)[C@H](O)[C@H]6O)CC(=O)[C@]5(C)[C@@H]4CC[C@]23C)C1. The molecule has 6 rings (SSSR count). The molecule has 15 atom stereocenters. The van der Waals surface area contributed by atoms with Crippen LogP contribution in [0.15, 0.2) is 22.8 Å². The molecular weight excluding hydrogens is 616 g/mol. The van der Waals surface area contributed by atoms with Crippen molar-refractivity contribution in [2.24, 2.45) is 22.7 Å². The number of aliphatic hydroxyl groups excluding tert-OH is 5. The van der Waals surface area contributed by atoms with Crippen molar-refractivity contribution < 1.29 is 64.7 Å². The number of allylic oxidation sites excluding steroid dienone is 1. The number of fused-ring (bicyclic) bond motifs is 5. The number of cyclic esters (lactones) is 1. The van der Waals surface area contributed by atoms with Gasteiger partial charge in [0.05, 0.1) is 29.8 Å². The number of esters is 1. The lowest BCUT2D eigenvalue weighted by Gasteiger charge is -2.63. The number of ether oxygens (including phenoxy) is 3. The third kappa shape index (κ3) is 4.58. The number of carbonyl (C=O) groups excluding carboxylic acids is 2. The van der Waals surface area contributed by atoms with Crippen molar-refractivity contribution in [2.45, 2.75) is 145 Å². The molecular formula is C34H50O13. The van der Waals surface area contributed by atoms with Crippen molar-refractivity contribution >= 4 is 11.8 Å². The van der Waals surface area contributed by atoms with Crippen molar-refractivity contribution in [1.82, 2.24) is 0 Å². The predicted octanol–water partition coefficient (Wildman–Crippen LogP) is -0.467. The van der Waals surface area contributed by atoms with Crippen LogP contribution < -0.4 is 0 Å². The zero-order chi connectivity index (χ0) is 34.6. The van der Waals surface area contributed by atoms with E-state index in [4.69, 9.17) is 14.2 Å². The third-order valence-electron chi connectivity index (χ3n) is 13.6. The Hall–Kier alpha value is -1.78. The lowest BCUT2D eigenvalue weighted by atomic mass is 9.44. The molecule has 0 aromatic heterocycles. The van der Waals surface area contributed by atoms with Gasteiger partial charge in [-0.2, -0.15) is 0 Å². The van der Waals surface area contributed by atoms with Gasteiger partial charge >= 0.3 is 5.97 Å². The van der Waals surface area contributed by atoms with Crippen LogP contribution in [0.25, 0.3) is 0 Å². The van der Waals surface area contributed by atoms with Crippen LogP contribution in [0.3, 0.4) is 0 Å². The van der Waals surface area contributed by atoms with Gasteiger partial charge < -0.3 is 55.1 Å². The second kappa shape index (κ2) is 11.4. The van der Waals surface area contributed by atoms with Crippen LogP contribution in [-0.2, 0) is 23.8 Å². The Morgan fingerprint density at radius 1 is 1.00 bits per heavy atom. The van der Waals surface area contributed by atoms with E-state index in [2.05, 4.69) is 0 Å². The smallest absolute Gasteiger partial charge is 0.334 e. The minimum Gasteiger partial charge on any atom is -0.455 e. The second-order valence-corrected chi connectivity index (χ2v) is 15.6. The lowest BCUT2D eigenvalue weighted by Crippen LogP contribution is -2.74. The predicted molar refractivity (Wildman–Crippen MR) is 162 cm³/mol. The molecule has 264 valence electrons. The topological polar surface area (TPSA) is 224 Å². The van der Waals surface area contributed by atoms with Gasteiger partial charge in [0.15, 0.2) is 6.29 Å². The molecule has 2 heterocycles. The molecule has 0 spiro atoms. The Labute approximate surface area is 273 Å². The van der Waals surface area contributed by atoms with Crippen LogP contribution >= 0.6 is 0 Å². The average molecular weight is 667 g/mol. The van der Waals surface area contributed by atoms with Gasteiger partial charge in [0.1, 0.15) is 47.5 Å². The number of hydrogen-bond acceptors (Lipinski definition) is 13. The van der Waals surface area contributed by atoms with Crippen LogP contribution in [0.2, 0.25) is 0 Å². The second-order valence-electron chi connectivity index (χ2n) is 15.6. The first-order chi connectivity index (χ1) is 21.8. The minimum atomic E-state index is -2.26. The summed E-state index contributed by atoms with van der Waals surface area (Å²) in [4.78, 5) is 26.7. The molecule has 4 aliphatic carbocycles. The van der Waals surface area contributed by atoms with Crippen molar-refractivity contribution in [3.8, 4) is 0 Å². The van der Waals surface area contributed by atoms with E-state index in [1.165, 1.54) is 6.92 Å². The van der Waals surface area contributed by atoms with E-state index in [1.54, 1.807) is 20.8 Å². The van der Waals surface area contributed by atoms with Gasteiger partial charge in [-0.25, -0.2) is 4.79 Å². The van der Waals surface area contributed by atoms with Crippen molar-refractivity contribution in [2.75, 3.05) is 6.61 Å². The molecule has 0 aromatic rings. The summed E-state index contributed by atoms with van der Waals surface area (Å²) in [6.07, 6.45) is -7.76. The molecule has 2 aliphatic heterocycles. The Bertz CT molecular complexity index is 1370. The van der Waals surface area contributed by atoms with Gasteiger partial charge in [0, 0.05) is 30.3 Å². The highest BCUT2D eigenvalue weighted by atomic mass is 16.7. The molecule has 4 fully saturated rings. The molecule has 0 radical (unpaired) electrons. The van der Waals surface area contributed by atoms with Gasteiger partial charge in [0.25, 0.3) is 0 Å². The van der Waals surface area contributed by atoms with Crippen LogP contribution in [0, 0.1) is 22.7 Å². The lowest BCUT2D eigenvalue weighted by molar-refractivity contribution is -0.312. The largest absolute Gasteiger partial charge is 0.455 e. The molecule has 1 saturated heterocycles. The fraction of sp³-hybridized carbons (Fsp3) is 0.824.